The van der Waals surface area contributed by atoms with Crippen LogP contribution in [0.3, 0.4) is 0 Å². The third kappa shape index (κ3) is 4.51. The number of hydrogen-bond donors (Lipinski definition) is 2. The van der Waals surface area contributed by atoms with Crippen LogP contribution in [0.15, 0.2) is 18.2 Å². The lowest BCUT2D eigenvalue weighted by atomic mass is 10.2. The molecule has 7 nitrogen and oxygen atoms in total. The van der Waals surface area contributed by atoms with Gasteiger partial charge in [-0.15, -0.1) is 0 Å². The fraction of sp³-hybridized carbons (Fsp3) is 0.462. The first-order valence-corrected chi connectivity index (χ1v) is 6.26. The Hall–Kier alpha value is -2.15. The number of aryl methyl sites for hydroxylation is 1. The second-order valence-electron chi connectivity index (χ2n) is 4.75. The molecule has 2 N–H and O–H groups in total. The van der Waals surface area contributed by atoms with Crippen molar-refractivity contribution in [2.45, 2.75) is 26.4 Å². The third-order valence-electron chi connectivity index (χ3n) is 2.90. The number of carbonyl (C=O) groups is 1. The summed E-state index contributed by atoms with van der Waals surface area (Å²) in [5, 5.41) is 22.5. The van der Waals surface area contributed by atoms with Crippen molar-refractivity contribution in [3.8, 4) is 0 Å². The van der Waals surface area contributed by atoms with E-state index in [4.69, 9.17) is 0 Å². The number of aliphatic hydroxyl groups excluding tert-OH is 1. The molecule has 0 radical (unpaired) electrons. The topological polar surface area (TPSA) is 95.7 Å². The number of aliphatic hydroxyl groups is 1. The van der Waals surface area contributed by atoms with Crippen molar-refractivity contribution in [2.75, 3.05) is 18.9 Å². The first-order valence-electron chi connectivity index (χ1n) is 6.26. The molecule has 1 atom stereocenters. The second kappa shape index (κ2) is 6.85. The molecular formula is C13H19N3O4. The SMILES string of the molecule is Cc1ccc([N+](=O)[O-])cc1NC(=O)N(C)CCC(C)O. The number of urea groups is 1. The van der Waals surface area contributed by atoms with Crippen LogP contribution in [0, 0.1) is 17.0 Å². The summed E-state index contributed by atoms with van der Waals surface area (Å²) in [5.74, 6) is 0. The monoisotopic (exact) mass is 281 g/mol. The Kier molecular flexibility index (Phi) is 5.45. The third-order valence-corrected chi connectivity index (χ3v) is 2.90. The van der Waals surface area contributed by atoms with Gasteiger partial charge in [0.05, 0.1) is 16.7 Å². The highest BCUT2D eigenvalue weighted by Crippen LogP contribution is 2.22. The zero-order chi connectivity index (χ0) is 15.3. The minimum Gasteiger partial charge on any atom is -0.393 e. The molecule has 2 amide bonds. The molecule has 1 aromatic carbocycles. The first-order chi connectivity index (χ1) is 9.31. The number of carbonyl (C=O) groups excluding carboxylic acids is 1. The van der Waals surface area contributed by atoms with Crippen LogP contribution in [0.2, 0.25) is 0 Å². The van der Waals surface area contributed by atoms with E-state index in [2.05, 4.69) is 5.32 Å². The Morgan fingerprint density at radius 1 is 1.55 bits per heavy atom. The van der Waals surface area contributed by atoms with Crippen molar-refractivity contribution >= 4 is 17.4 Å². The Bertz CT molecular complexity index is 502. The van der Waals surface area contributed by atoms with Gasteiger partial charge in [0, 0.05) is 25.7 Å². The van der Waals surface area contributed by atoms with Gasteiger partial charge in [0.1, 0.15) is 0 Å². The molecule has 20 heavy (non-hydrogen) atoms. The average molecular weight is 281 g/mol. The van der Waals surface area contributed by atoms with Crippen molar-refractivity contribution in [3.63, 3.8) is 0 Å². The van der Waals surface area contributed by atoms with E-state index in [0.29, 0.717) is 18.7 Å². The Morgan fingerprint density at radius 2 is 2.20 bits per heavy atom. The average Bonchev–Trinajstić information content (AvgIpc) is 2.37. The molecule has 0 saturated carbocycles. The Labute approximate surface area is 117 Å². The lowest BCUT2D eigenvalue weighted by molar-refractivity contribution is -0.384. The van der Waals surface area contributed by atoms with Gasteiger partial charge >= 0.3 is 6.03 Å². The standard InChI is InChI=1S/C13H19N3O4/c1-9-4-5-11(16(19)20)8-12(9)14-13(18)15(3)7-6-10(2)17/h4-5,8,10,17H,6-7H2,1-3H3,(H,14,18). The summed E-state index contributed by atoms with van der Waals surface area (Å²) < 4.78 is 0. The fourth-order valence-electron chi connectivity index (χ4n) is 1.55. The maximum atomic E-state index is 11.9. The molecule has 0 bridgehead atoms. The molecule has 0 aromatic heterocycles. The molecule has 1 rings (SSSR count). The zero-order valence-electron chi connectivity index (χ0n) is 11.8. The van der Waals surface area contributed by atoms with E-state index in [0.717, 1.165) is 5.56 Å². The highest BCUT2D eigenvalue weighted by molar-refractivity contribution is 5.90. The van der Waals surface area contributed by atoms with Crippen LogP contribution in [0.25, 0.3) is 0 Å². The zero-order valence-corrected chi connectivity index (χ0v) is 11.8. The van der Waals surface area contributed by atoms with Gasteiger partial charge in [-0.1, -0.05) is 6.07 Å². The molecule has 1 unspecified atom stereocenters. The number of anilines is 1. The molecule has 1 aromatic rings. The van der Waals surface area contributed by atoms with Crippen LogP contribution in [0.4, 0.5) is 16.2 Å². The molecule has 0 fully saturated rings. The van der Waals surface area contributed by atoms with Crippen LogP contribution < -0.4 is 5.32 Å². The number of nitrogens with zero attached hydrogens (tertiary/aromatic N) is 2. The first kappa shape index (κ1) is 15.9. The van der Waals surface area contributed by atoms with Crippen LogP contribution in [-0.4, -0.2) is 40.7 Å². The molecule has 0 spiro atoms. The normalized spacial score (nSPS) is 11.8. The highest BCUT2D eigenvalue weighted by Gasteiger charge is 2.14. The lowest BCUT2D eigenvalue weighted by Crippen LogP contribution is -2.33. The Morgan fingerprint density at radius 3 is 2.75 bits per heavy atom. The van der Waals surface area contributed by atoms with E-state index in [1.807, 2.05) is 0 Å². The fourth-order valence-corrected chi connectivity index (χ4v) is 1.55. The largest absolute Gasteiger partial charge is 0.393 e. The number of nitro benzene ring substituents is 1. The number of hydrogen-bond acceptors (Lipinski definition) is 4. The van der Waals surface area contributed by atoms with Crippen molar-refractivity contribution < 1.29 is 14.8 Å². The molecule has 0 heterocycles. The summed E-state index contributed by atoms with van der Waals surface area (Å²) in [7, 11) is 1.60. The summed E-state index contributed by atoms with van der Waals surface area (Å²) in [6.45, 7) is 3.81. The van der Waals surface area contributed by atoms with E-state index in [1.165, 1.54) is 17.0 Å². The minimum absolute atomic E-state index is 0.0717. The van der Waals surface area contributed by atoms with E-state index in [-0.39, 0.29) is 11.7 Å². The molecule has 110 valence electrons. The van der Waals surface area contributed by atoms with Gasteiger partial charge in [-0.2, -0.15) is 0 Å². The van der Waals surface area contributed by atoms with E-state index < -0.39 is 11.0 Å². The molecular weight excluding hydrogens is 262 g/mol. The minimum atomic E-state index is -0.508. The number of amides is 2. The van der Waals surface area contributed by atoms with E-state index in [9.17, 15) is 20.0 Å². The smallest absolute Gasteiger partial charge is 0.321 e. The summed E-state index contributed by atoms with van der Waals surface area (Å²) in [5.41, 5.74) is 1.08. The molecule has 0 aliphatic rings. The van der Waals surface area contributed by atoms with Crippen molar-refractivity contribution in [1.29, 1.82) is 0 Å². The molecule has 0 aliphatic carbocycles. The summed E-state index contributed by atoms with van der Waals surface area (Å²) in [4.78, 5) is 23.6. The summed E-state index contributed by atoms with van der Waals surface area (Å²) in [6, 6.07) is 3.94. The van der Waals surface area contributed by atoms with Crippen molar-refractivity contribution in [3.05, 3.63) is 33.9 Å². The highest BCUT2D eigenvalue weighted by atomic mass is 16.6. The summed E-state index contributed by atoms with van der Waals surface area (Å²) in [6.07, 6.45) is -0.0116. The van der Waals surface area contributed by atoms with Gasteiger partial charge in [-0.25, -0.2) is 4.79 Å². The predicted molar refractivity (Wildman–Crippen MR) is 75.8 cm³/mol. The van der Waals surface area contributed by atoms with Crippen molar-refractivity contribution in [1.82, 2.24) is 4.90 Å². The van der Waals surface area contributed by atoms with Crippen LogP contribution >= 0.6 is 0 Å². The van der Waals surface area contributed by atoms with Gasteiger partial charge in [-0.05, 0) is 25.8 Å². The second-order valence-corrected chi connectivity index (χ2v) is 4.75. The molecule has 0 aliphatic heterocycles. The maximum absolute atomic E-state index is 11.9. The van der Waals surface area contributed by atoms with Gasteiger partial charge in [0.15, 0.2) is 0 Å². The number of non-ortho nitro benzene ring substituents is 1. The lowest BCUT2D eigenvalue weighted by Gasteiger charge is -2.19. The van der Waals surface area contributed by atoms with Crippen LogP contribution in [0.1, 0.15) is 18.9 Å². The van der Waals surface area contributed by atoms with E-state index >= 15 is 0 Å². The van der Waals surface area contributed by atoms with E-state index in [1.54, 1.807) is 27.0 Å². The van der Waals surface area contributed by atoms with Gasteiger partial charge in [0.25, 0.3) is 5.69 Å². The molecule has 0 saturated heterocycles. The van der Waals surface area contributed by atoms with Gasteiger partial charge in [0.2, 0.25) is 0 Å². The maximum Gasteiger partial charge on any atom is 0.321 e. The van der Waals surface area contributed by atoms with Crippen molar-refractivity contribution in [2.24, 2.45) is 0 Å². The van der Waals surface area contributed by atoms with Gasteiger partial charge in [-0.3, -0.25) is 10.1 Å². The number of benzene rings is 1. The summed E-state index contributed by atoms with van der Waals surface area (Å²) >= 11 is 0. The predicted octanol–water partition coefficient (Wildman–Crippen LogP) is 2.14. The van der Waals surface area contributed by atoms with Gasteiger partial charge < -0.3 is 15.3 Å². The van der Waals surface area contributed by atoms with Crippen LogP contribution in [0.5, 0.6) is 0 Å². The molecule has 7 heteroatoms. The quantitative estimate of drug-likeness (QED) is 0.638. The van der Waals surface area contributed by atoms with Crippen LogP contribution in [-0.2, 0) is 0 Å². The Balaban J connectivity index is 2.74. The number of nitrogens with one attached hydrogen (secondary N) is 1. The number of rotatable bonds is 5. The number of nitro groups is 1.